The van der Waals surface area contributed by atoms with E-state index in [0.29, 0.717) is 23.4 Å². The molecule has 0 aliphatic heterocycles. The predicted molar refractivity (Wildman–Crippen MR) is 137 cm³/mol. The minimum absolute atomic E-state index is 0.00844. The van der Waals surface area contributed by atoms with Crippen molar-refractivity contribution in [3.63, 3.8) is 0 Å². The number of ketones is 1. The van der Waals surface area contributed by atoms with Gasteiger partial charge in [-0.3, -0.25) is 20.2 Å². The first-order valence-electron chi connectivity index (χ1n) is 12.3. The normalized spacial score (nSPS) is 16.8. The van der Waals surface area contributed by atoms with Crippen LogP contribution in [0, 0.1) is 5.92 Å². The number of aromatic hydroxyl groups is 1. The van der Waals surface area contributed by atoms with E-state index >= 15 is 0 Å². The molecule has 1 saturated carbocycles. The van der Waals surface area contributed by atoms with Gasteiger partial charge in [-0.25, -0.2) is 13.2 Å². The van der Waals surface area contributed by atoms with Gasteiger partial charge >= 0.3 is 5.63 Å². The minimum atomic E-state index is -3.93. The average molecular weight is 525 g/mol. The fourth-order valence-electron chi connectivity index (χ4n) is 5.01. The molecule has 194 valence electrons. The zero-order valence-electron chi connectivity index (χ0n) is 20.1. The number of benzene rings is 2. The minimum Gasteiger partial charge on any atom is -0.506 e. The van der Waals surface area contributed by atoms with Crippen molar-refractivity contribution in [1.29, 1.82) is 0 Å². The Bertz CT molecular complexity index is 1490. The first-order chi connectivity index (χ1) is 17.8. The maximum absolute atomic E-state index is 13.1. The van der Waals surface area contributed by atoms with Crippen LogP contribution >= 0.6 is 0 Å². The molecule has 0 radical (unpaired) electrons. The molecule has 0 bridgehead atoms. The van der Waals surface area contributed by atoms with E-state index in [9.17, 15) is 23.1 Å². The van der Waals surface area contributed by atoms with Crippen molar-refractivity contribution in [3.05, 3.63) is 81.4 Å². The SMILES string of the molecule is O=C1CCCCCc2oc(=O)c(C(c3cccc(NS(=O)(=O)c4ccc(NO)cc4)c3)C3CC3)c(O)c21. The van der Waals surface area contributed by atoms with Gasteiger partial charge in [-0.1, -0.05) is 18.6 Å². The standard InChI is InChI=1S/C27H28N2O7S/c30-21-7-2-1-3-8-22-24(21)26(31)25(27(32)36-22)23(16-9-10-16)17-5-4-6-19(15-17)29-37(34,35)20-13-11-18(28-33)12-14-20/h4-6,11-16,23,28-29,31,33H,1-3,7-10H2. The zero-order chi connectivity index (χ0) is 26.2. The highest BCUT2D eigenvalue weighted by Crippen LogP contribution is 2.49. The van der Waals surface area contributed by atoms with Gasteiger partial charge in [0, 0.05) is 24.4 Å². The van der Waals surface area contributed by atoms with E-state index in [1.165, 1.54) is 24.3 Å². The molecule has 9 nitrogen and oxygen atoms in total. The maximum atomic E-state index is 13.1. The second kappa shape index (κ2) is 10.0. The summed E-state index contributed by atoms with van der Waals surface area (Å²) in [5.74, 6) is -0.774. The lowest BCUT2D eigenvalue weighted by Gasteiger charge is -2.21. The molecule has 0 spiro atoms. The molecule has 1 fully saturated rings. The van der Waals surface area contributed by atoms with Gasteiger partial charge in [0.05, 0.1) is 21.7 Å². The summed E-state index contributed by atoms with van der Waals surface area (Å²) in [5, 5.41) is 20.2. The van der Waals surface area contributed by atoms with Gasteiger partial charge in [-0.2, -0.15) is 0 Å². The van der Waals surface area contributed by atoms with Gasteiger partial charge in [0.25, 0.3) is 10.0 Å². The molecular weight excluding hydrogens is 496 g/mol. The van der Waals surface area contributed by atoms with Crippen LogP contribution in [0.3, 0.4) is 0 Å². The molecule has 0 saturated heterocycles. The number of Topliss-reactive ketones (excluding diaryl/α,β-unsaturated/α-hetero) is 1. The Morgan fingerprint density at radius 2 is 1.68 bits per heavy atom. The molecule has 1 aromatic heterocycles. The third kappa shape index (κ3) is 5.12. The Morgan fingerprint density at radius 1 is 0.946 bits per heavy atom. The van der Waals surface area contributed by atoms with E-state index in [4.69, 9.17) is 9.62 Å². The third-order valence-corrected chi connectivity index (χ3v) is 8.39. The number of aryl methyl sites for hydroxylation is 1. The number of fused-ring (bicyclic) bond motifs is 1. The van der Waals surface area contributed by atoms with Gasteiger partial charge in [0.2, 0.25) is 0 Å². The maximum Gasteiger partial charge on any atom is 0.343 e. The first kappa shape index (κ1) is 25.0. The van der Waals surface area contributed by atoms with Gasteiger partial charge in [-0.05, 0) is 73.6 Å². The molecule has 2 aliphatic rings. The quantitative estimate of drug-likeness (QED) is 0.323. The molecule has 4 N–H and O–H groups in total. The smallest absolute Gasteiger partial charge is 0.343 e. The molecule has 37 heavy (non-hydrogen) atoms. The number of hydrogen-bond donors (Lipinski definition) is 4. The molecule has 5 rings (SSSR count). The van der Waals surface area contributed by atoms with E-state index in [0.717, 1.165) is 32.1 Å². The summed E-state index contributed by atoms with van der Waals surface area (Å²) >= 11 is 0. The summed E-state index contributed by atoms with van der Waals surface area (Å²) in [6.45, 7) is 0. The number of hydrogen-bond acceptors (Lipinski definition) is 8. The van der Waals surface area contributed by atoms with Crippen LogP contribution in [-0.4, -0.2) is 24.5 Å². The Hall–Kier alpha value is -3.63. The van der Waals surface area contributed by atoms with Crippen LogP contribution in [0.15, 0.2) is 62.6 Å². The fourth-order valence-corrected chi connectivity index (χ4v) is 6.06. The summed E-state index contributed by atoms with van der Waals surface area (Å²) < 4.78 is 34.0. The fraction of sp³-hybridized carbons (Fsp3) is 0.333. The topological polar surface area (TPSA) is 146 Å². The van der Waals surface area contributed by atoms with Crippen molar-refractivity contribution in [1.82, 2.24) is 0 Å². The van der Waals surface area contributed by atoms with Gasteiger partial charge in [-0.15, -0.1) is 0 Å². The molecule has 10 heteroatoms. The second-order valence-corrected chi connectivity index (χ2v) is 11.3. The largest absolute Gasteiger partial charge is 0.506 e. The van der Waals surface area contributed by atoms with Crippen molar-refractivity contribution in [3.8, 4) is 5.75 Å². The van der Waals surface area contributed by atoms with Crippen LogP contribution < -0.4 is 15.8 Å². The van der Waals surface area contributed by atoms with E-state index < -0.39 is 21.6 Å². The lowest BCUT2D eigenvalue weighted by molar-refractivity contribution is 0.0968. The number of carbonyl (C=O) groups is 1. The highest BCUT2D eigenvalue weighted by Gasteiger charge is 2.39. The number of anilines is 2. The van der Waals surface area contributed by atoms with E-state index in [1.807, 2.05) is 5.48 Å². The monoisotopic (exact) mass is 524 g/mol. The third-order valence-electron chi connectivity index (χ3n) is 6.99. The van der Waals surface area contributed by atoms with E-state index in [-0.39, 0.29) is 45.7 Å². The highest BCUT2D eigenvalue weighted by molar-refractivity contribution is 7.92. The summed E-state index contributed by atoms with van der Waals surface area (Å²) in [5.41, 5.74) is 2.74. The molecule has 3 aromatic rings. The summed E-state index contributed by atoms with van der Waals surface area (Å²) in [4.78, 5) is 26.0. The molecule has 1 heterocycles. The van der Waals surface area contributed by atoms with E-state index in [1.54, 1.807) is 24.3 Å². The van der Waals surface area contributed by atoms with Crippen molar-refractivity contribution >= 4 is 27.2 Å². The van der Waals surface area contributed by atoms with Crippen molar-refractivity contribution in [2.24, 2.45) is 5.92 Å². The predicted octanol–water partition coefficient (Wildman–Crippen LogP) is 4.79. The van der Waals surface area contributed by atoms with Crippen LogP contribution in [0.5, 0.6) is 5.75 Å². The summed E-state index contributed by atoms with van der Waals surface area (Å²) in [6.07, 6.45) is 4.72. The molecule has 2 aromatic carbocycles. The van der Waals surface area contributed by atoms with Gasteiger partial charge in [0.15, 0.2) is 5.78 Å². The van der Waals surface area contributed by atoms with Crippen molar-refractivity contribution in [2.45, 2.75) is 55.8 Å². The Morgan fingerprint density at radius 3 is 2.38 bits per heavy atom. The number of nitrogens with one attached hydrogen (secondary N) is 2. The average Bonchev–Trinajstić information content (AvgIpc) is 3.70. The molecule has 0 amide bonds. The Balaban J connectivity index is 1.52. The zero-order valence-corrected chi connectivity index (χ0v) is 20.9. The molecule has 2 aliphatic carbocycles. The van der Waals surface area contributed by atoms with Gasteiger partial charge in [0.1, 0.15) is 11.5 Å². The Labute approximate surface area is 214 Å². The number of sulfonamides is 1. The van der Waals surface area contributed by atoms with Crippen molar-refractivity contribution in [2.75, 3.05) is 10.2 Å². The van der Waals surface area contributed by atoms with Crippen LogP contribution in [0.25, 0.3) is 0 Å². The highest BCUT2D eigenvalue weighted by atomic mass is 32.2. The number of carbonyl (C=O) groups excluding carboxylic acids is 1. The Kier molecular flexibility index (Phi) is 6.78. The van der Waals surface area contributed by atoms with Crippen LogP contribution in [0.4, 0.5) is 11.4 Å². The summed E-state index contributed by atoms with van der Waals surface area (Å²) in [6, 6.07) is 12.3. The first-order valence-corrected chi connectivity index (χ1v) is 13.8. The second-order valence-electron chi connectivity index (χ2n) is 9.62. The molecular formula is C27H28N2O7S. The lowest BCUT2D eigenvalue weighted by Crippen LogP contribution is -2.21. The van der Waals surface area contributed by atoms with Crippen LogP contribution in [-0.2, 0) is 16.4 Å². The molecule has 1 atom stereocenters. The molecule has 1 unspecified atom stereocenters. The summed E-state index contributed by atoms with van der Waals surface area (Å²) in [7, 11) is -3.93. The van der Waals surface area contributed by atoms with Gasteiger partial charge < -0.3 is 9.52 Å². The number of rotatable bonds is 7. The lowest BCUT2D eigenvalue weighted by atomic mass is 9.85. The van der Waals surface area contributed by atoms with E-state index in [2.05, 4.69) is 4.72 Å². The van der Waals surface area contributed by atoms with Crippen LogP contribution in [0.2, 0.25) is 0 Å². The van der Waals surface area contributed by atoms with Crippen LogP contribution in [0.1, 0.15) is 71.7 Å². The van der Waals surface area contributed by atoms with Crippen molar-refractivity contribution < 1.29 is 27.9 Å².